The molecule has 3 aromatic rings. The second-order valence-electron chi connectivity index (χ2n) is 5.95. The van der Waals surface area contributed by atoms with Crippen molar-refractivity contribution in [1.82, 2.24) is 14.5 Å². The van der Waals surface area contributed by atoms with E-state index in [-0.39, 0.29) is 34.6 Å². The fourth-order valence-electron chi connectivity index (χ4n) is 2.64. The molecule has 1 aromatic carbocycles. The molecule has 29 heavy (non-hydrogen) atoms. The molecule has 0 radical (unpaired) electrons. The summed E-state index contributed by atoms with van der Waals surface area (Å²) in [5, 5.41) is 2.46. The van der Waals surface area contributed by atoms with E-state index in [1.54, 1.807) is 6.92 Å². The Kier molecular flexibility index (Phi) is 5.39. The van der Waals surface area contributed by atoms with Crippen molar-refractivity contribution < 1.29 is 22.7 Å². The van der Waals surface area contributed by atoms with Crippen LogP contribution < -0.4 is 21.3 Å². The Bertz CT molecular complexity index is 1180. The highest BCUT2D eigenvalue weighted by Crippen LogP contribution is 2.26. The van der Waals surface area contributed by atoms with Crippen LogP contribution in [0.5, 0.6) is 5.75 Å². The van der Waals surface area contributed by atoms with Gasteiger partial charge in [-0.25, -0.2) is 9.78 Å². The molecule has 3 rings (SSSR count). The number of aromatic nitrogens is 3. The monoisotopic (exact) mass is 408 g/mol. The quantitative estimate of drug-likeness (QED) is 0.674. The fraction of sp³-hybridized carbons (Fsp3) is 0.222. The maximum absolute atomic E-state index is 12.5. The number of anilines is 1. The maximum Gasteiger partial charge on any atom is 0.422 e. The Hall–Kier alpha value is -3.63. The number of halogens is 3. The molecule has 2 N–H and O–H groups in total. The first kappa shape index (κ1) is 20.1. The van der Waals surface area contributed by atoms with Crippen molar-refractivity contribution in [1.29, 1.82) is 0 Å². The average molecular weight is 408 g/mol. The van der Waals surface area contributed by atoms with Gasteiger partial charge in [-0.1, -0.05) is 12.1 Å². The zero-order valence-electron chi connectivity index (χ0n) is 15.0. The second-order valence-corrected chi connectivity index (χ2v) is 5.95. The van der Waals surface area contributed by atoms with Gasteiger partial charge < -0.3 is 10.1 Å². The second kappa shape index (κ2) is 7.78. The zero-order chi connectivity index (χ0) is 21.2. The molecular weight excluding hydrogens is 393 g/mol. The number of para-hydroxylation sites is 2. The summed E-state index contributed by atoms with van der Waals surface area (Å²) >= 11 is 0. The van der Waals surface area contributed by atoms with Gasteiger partial charge in [0.15, 0.2) is 6.61 Å². The number of alkyl halides is 3. The highest BCUT2D eigenvalue weighted by molar-refractivity contribution is 6.06. The summed E-state index contributed by atoms with van der Waals surface area (Å²) in [5.74, 6) is -0.874. The smallest absolute Gasteiger partial charge is 0.422 e. The van der Waals surface area contributed by atoms with Crippen LogP contribution in [-0.4, -0.2) is 33.2 Å². The summed E-state index contributed by atoms with van der Waals surface area (Å²) in [6.45, 7) is 0.440. The lowest BCUT2D eigenvalue weighted by atomic mass is 10.2. The van der Waals surface area contributed by atoms with E-state index in [4.69, 9.17) is 4.74 Å². The first-order valence-electron chi connectivity index (χ1n) is 8.42. The van der Waals surface area contributed by atoms with E-state index in [0.717, 1.165) is 0 Å². The number of pyridine rings is 1. The highest BCUT2D eigenvalue weighted by atomic mass is 19.4. The molecule has 8 nitrogen and oxygen atoms in total. The molecule has 0 aliphatic rings. The van der Waals surface area contributed by atoms with Crippen molar-refractivity contribution in [2.24, 2.45) is 0 Å². The van der Waals surface area contributed by atoms with E-state index in [9.17, 15) is 27.6 Å². The van der Waals surface area contributed by atoms with Gasteiger partial charge in [-0.15, -0.1) is 0 Å². The number of hydrogen-bond acceptors (Lipinski definition) is 5. The summed E-state index contributed by atoms with van der Waals surface area (Å²) in [6.07, 6.45) is -3.36. The molecule has 0 bridgehead atoms. The van der Waals surface area contributed by atoms with Gasteiger partial charge in [-0.05, 0) is 25.1 Å². The van der Waals surface area contributed by atoms with Crippen LogP contribution in [0.3, 0.4) is 0 Å². The zero-order valence-corrected chi connectivity index (χ0v) is 15.0. The minimum absolute atomic E-state index is 0.0186. The van der Waals surface area contributed by atoms with Gasteiger partial charge in [0.2, 0.25) is 0 Å². The summed E-state index contributed by atoms with van der Waals surface area (Å²) in [6, 6.07) is 6.88. The molecule has 0 saturated carbocycles. The summed E-state index contributed by atoms with van der Waals surface area (Å²) < 4.78 is 43.2. The van der Waals surface area contributed by atoms with Crippen LogP contribution in [0.15, 0.2) is 46.1 Å². The van der Waals surface area contributed by atoms with Crippen LogP contribution in [0.2, 0.25) is 0 Å². The number of carbonyl (C=O) groups is 1. The van der Waals surface area contributed by atoms with Crippen LogP contribution in [0.1, 0.15) is 17.3 Å². The molecule has 1 amide bonds. The number of rotatable bonds is 5. The Morgan fingerprint density at radius 2 is 2.00 bits per heavy atom. The summed E-state index contributed by atoms with van der Waals surface area (Å²) in [4.78, 5) is 42.6. The van der Waals surface area contributed by atoms with Gasteiger partial charge >= 0.3 is 11.9 Å². The van der Waals surface area contributed by atoms with Gasteiger partial charge in [0.05, 0.1) is 16.6 Å². The molecule has 0 fully saturated rings. The normalized spacial score (nSPS) is 11.4. The molecule has 0 saturated heterocycles. The lowest BCUT2D eigenvalue weighted by Gasteiger charge is -2.14. The van der Waals surface area contributed by atoms with Gasteiger partial charge in [0.1, 0.15) is 11.4 Å². The van der Waals surface area contributed by atoms with Crippen LogP contribution in [0.4, 0.5) is 18.9 Å². The molecule has 0 spiro atoms. The SMILES string of the molecule is CCn1c(=O)[nH]c(=O)c2cc(C(=O)Nc3ccccc3OCC(F)(F)F)cnc21. The predicted molar refractivity (Wildman–Crippen MR) is 98.2 cm³/mol. The number of ether oxygens (including phenoxy) is 1. The first-order chi connectivity index (χ1) is 13.7. The van der Waals surface area contributed by atoms with Crippen molar-refractivity contribution in [3.8, 4) is 5.75 Å². The third kappa shape index (κ3) is 4.45. The lowest BCUT2D eigenvalue weighted by molar-refractivity contribution is -0.153. The number of benzene rings is 1. The van der Waals surface area contributed by atoms with Crippen molar-refractivity contribution in [2.45, 2.75) is 19.6 Å². The number of H-pyrrole nitrogens is 1. The van der Waals surface area contributed by atoms with Gasteiger partial charge in [0, 0.05) is 12.7 Å². The topological polar surface area (TPSA) is 106 Å². The molecule has 0 atom stereocenters. The summed E-state index contributed by atoms with van der Waals surface area (Å²) in [7, 11) is 0. The van der Waals surface area contributed by atoms with Crippen molar-refractivity contribution >= 4 is 22.6 Å². The van der Waals surface area contributed by atoms with E-state index >= 15 is 0 Å². The van der Waals surface area contributed by atoms with Crippen LogP contribution >= 0.6 is 0 Å². The number of nitrogens with one attached hydrogen (secondary N) is 2. The van der Waals surface area contributed by atoms with E-state index in [1.807, 2.05) is 0 Å². The minimum atomic E-state index is -4.53. The molecule has 0 unspecified atom stereocenters. The van der Waals surface area contributed by atoms with E-state index < -0.39 is 29.9 Å². The number of carbonyl (C=O) groups excluding carboxylic acids is 1. The van der Waals surface area contributed by atoms with E-state index in [2.05, 4.69) is 15.3 Å². The van der Waals surface area contributed by atoms with E-state index in [1.165, 1.54) is 41.1 Å². The van der Waals surface area contributed by atoms with Crippen molar-refractivity contribution in [3.05, 3.63) is 62.9 Å². The molecule has 2 heterocycles. The maximum atomic E-state index is 12.5. The fourth-order valence-corrected chi connectivity index (χ4v) is 2.64. The number of aryl methyl sites for hydroxylation is 1. The number of amides is 1. The van der Waals surface area contributed by atoms with E-state index in [0.29, 0.717) is 0 Å². The van der Waals surface area contributed by atoms with Crippen molar-refractivity contribution in [2.75, 3.05) is 11.9 Å². The number of nitrogens with zero attached hydrogens (tertiary/aromatic N) is 2. The van der Waals surface area contributed by atoms with Crippen LogP contribution in [-0.2, 0) is 6.54 Å². The Morgan fingerprint density at radius 1 is 1.28 bits per heavy atom. The lowest BCUT2D eigenvalue weighted by Crippen LogP contribution is -2.30. The third-order valence-corrected chi connectivity index (χ3v) is 3.94. The first-order valence-corrected chi connectivity index (χ1v) is 8.42. The molecule has 11 heteroatoms. The predicted octanol–water partition coefficient (Wildman–Crippen LogP) is 2.30. The number of aromatic amines is 1. The standard InChI is InChI=1S/C18H15F3N4O4/c1-2-25-14-11(16(27)24-17(25)28)7-10(8-22-14)15(26)23-12-5-3-4-6-13(12)29-9-18(19,20)21/h3-8H,2,9H2,1H3,(H,23,26)(H,24,27,28). The molecule has 152 valence electrons. The molecule has 0 aliphatic carbocycles. The van der Waals surface area contributed by atoms with Crippen LogP contribution in [0, 0.1) is 0 Å². The summed E-state index contributed by atoms with van der Waals surface area (Å²) in [5.41, 5.74) is -1.20. The third-order valence-electron chi connectivity index (χ3n) is 3.94. The van der Waals surface area contributed by atoms with Crippen molar-refractivity contribution in [3.63, 3.8) is 0 Å². The molecule has 2 aromatic heterocycles. The number of fused-ring (bicyclic) bond motifs is 1. The average Bonchev–Trinajstić information content (AvgIpc) is 2.66. The molecule has 0 aliphatic heterocycles. The Balaban J connectivity index is 1.92. The van der Waals surface area contributed by atoms with Gasteiger partial charge in [-0.3, -0.25) is 19.1 Å². The van der Waals surface area contributed by atoms with Gasteiger partial charge in [-0.2, -0.15) is 13.2 Å². The Labute approximate surface area is 161 Å². The number of hydrogen-bond donors (Lipinski definition) is 2. The Morgan fingerprint density at radius 3 is 2.69 bits per heavy atom. The minimum Gasteiger partial charge on any atom is -0.482 e. The highest BCUT2D eigenvalue weighted by Gasteiger charge is 2.29. The molecular formula is C18H15F3N4O4. The van der Waals surface area contributed by atoms with Gasteiger partial charge in [0.25, 0.3) is 11.5 Å². The largest absolute Gasteiger partial charge is 0.482 e. The van der Waals surface area contributed by atoms with Crippen LogP contribution in [0.25, 0.3) is 11.0 Å².